The van der Waals surface area contributed by atoms with Gasteiger partial charge in [-0.05, 0) is 82.2 Å². The maximum atomic E-state index is 2.45. The predicted molar refractivity (Wildman–Crippen MR) is 187 cm³/mol. The van der Waals surface area contributed by atoms with E-state index in [0.29, 0.717) is 0 Å². The molecular weight excluding hydrogens is 601 g/mol. The minimum atomic E-state index is 1.34. The highest BCUT2D eigenvalue weighted by molar-refractivity contribution is 7.37. The molecule has 40 heavy (non-hydrogen) atoms. The van der Waals surface area contributed by atoms with Gasteiger partial charge in [0.2, 0.25) is 0 Å². The van der Waals surface area contributed by atoms with E-state index in [1.54, 1.807) is 0 Å². The quantitative estimate of drug-likeness (QED) is 0.181. The average Bonchev–Trinajstić information content (AvgIpc) is 3.79. The molecule has 0 aliphatic rings. The third kappa shape index (κ3) is 3.26. The van der Waals surface area contributed by atoms with Crippen LogP contribution in [0, 0.1) is 0 Å². The maximum absolute atomic E-state index is 2.45. The number of thiophene rings is 6. The van der Waals surface area contributed by atoms with Crippen molar-refractivity contribution in [2.75, 3.05) is 0 Å². The summed E-state index contributed by atoms with van der Waals surface area (Å²) < 4.78 is 11.2. The molecule has 10 rings (SSSR count). The Hall–Kier alpha value is -3.10. The summed E-state index contributed by atoms with van der Waals surface area (Å²) in [4.78, 5) is 5.48. The molecule has 0 saturated heterocycles. The highest BCUT2D eigenvalue weighted by Gasteiger charge is 2.17. The fraction of sp³-hybridized carbons (Fsp3) is 0. The second kappa shape index (κ2) is 8.23. The van der Waals surface area contributed by atoms with E-state index < -0.39 is 0 Å². The van der Waals surface area contributed by atoms with Crippen LogP contribution in [0.3, 0.4) is 0 Å². The molecular formula is C34H16S6. The molecule has 0 saturated carbocycles. The van der Waals surface area contributed by atoms with E-state index in [4.69, 9.17) is 0 Å². The van der Waals surface area contributed by atoms with Gasteiger partial charge in [-0.15, -0.1) is 68.0 Å². The van der Waals surface area contributed by atoms with Gasteiger partial charge in [-0.25, -0.2) is 0 Å². The predicted octanol–water partition coefficient (Wildman–Crippen LogP) is 13.5. The summed E-state index contributed by atoms with van der Waals surface area (Å²) in [7, 11) is 0. The summed E-state index contributed by atoms with van der Waals surface area (Å²) in [6.07, 6.45) is 0. The lowest BCUT2D eigenvalue weighted by Gasteiger charge is -1.93. The summed E-state index contributed by atoms with van der Waals surface area (Å²) in [5, 5.41) is 8.21. The number of hydrogen-bond donors (Lipinski definition) is 0. The maximum Gasteiger partial charge on any atom is 0.0542 e. The molecule has 0 nitrogen and oxygen atoms in total. The molecule has 0 amide bonds. The van der Waals surface area contributed by atoms with Gasteiger partial charge in [0.25, 0.3) is 0 Å². The smallest absolute Gasteiger partial charge is 0.0542 e. The van der Waals surface area contributed by atoms with Crippen LogP contribution in [0.5, 0.6) is 0 Å². The van der Waals surface area contributed by atoms with Crippen molar-refractivity contribution in [2.45, 2.75) is 0 Å². The molecule has 10 aromatic rings. The van der Waals surface area contributed by atoms with Crippen LogP contribution in [-0.4, -0.2) is 0 Å². The Bertz CT molecular complexity index is 2360. The van der Waals surface area contributed by atoms with Crippen LogP contribution < -0.4 is 0 Å². The van der Waals surface area contributed by atoms with Crippen LogP contribution in [-0.2, 0) is 0 Å². The second-order valence-corrected chi connectivity index (χ2v) is 16.6. The Labute approximate surface area is 252 Å². The number of fused-ring (bicyclic) bond motifs is 9. The number of benzene rings is 4. The van der Waals surface area contributed by atoms with Crippen LogP contribution in [0.25, 0.3) is 89.4 Å². The van der Waals surface area contributed by atoms with Gasteiger partial charge in [0.05, 0.1) is 9.40 Å². The lowest BCUT2D eigenvalue weighted by atomic mass is 10.1. The van der Waals surface area contributed by atoms with Crippen LogP contribution >= 0.6 is 68.0 Å². The molecule has 0 spiro atoms. The van der Waals surface area contributed by atoms with Gasteiger partial charge < -0.3 is 0 Å². The van der Waals surface area contributed by atoms with Gasteiger partial charge in [-0.2, -0.15) is 0 Å². The minimum absolute atomic E-state index is 1.34. The minimum Gasteiger partial charge on any atom is -0.134 e. The molecule has 4 aromatic carbocycles. The van der Waals surface area contributed by atoms with Crippen molar-refractivity contribution in [1.29, 1.82) is 0 Å². The Balaban J connectivity index is 1.11. The third-order valence-electron chi connectivity index (χ3n) is 7.69. The second-order valence-electron chi connectivity index (χ2n) is 10.2. The summed E-state index contributed by atoms with van der Waals surface area (Å²) in [6.45, 7) is 0. The Morgan fingerprint density at radius 3 is 1.15 bits per heavy atom. The van der Waals surface area contributed by atoms with Crippen molar-refractivity contribution < 1.29 is 0 Å². The van der Waals surface area contributed by atoms with Gasteiger partial charge >= 0.3 is 0 Å². The van der Waals surface area contributed by atoms with E-state index in [1.165, 1.54) is 89.4 Å². The number of hydrogen-bond acceptors (Lipinski definition) is 6. The summed E-state index contributed by atoms with van der Waals surface area (Å²) in [6, 6.07) is 36.6. The van der Waals surface area contributed by atoms with E-state index in [9.17, 15) is 0 Å². The third-order valence-corrected chi connectivity index (χ3v) is 15.0. The molecule has 6 heterocycles. The highest BCUT2D eigenvalue weighted by Crippen LogP contribution is 2.49. The lowest BCUT2D eigenvalue weighted by Crippen LogP contribution is -1.64. The topological polar surface area (TPSA) is 0 Å². The van der Waals surface area contributed by atoms with Gasteiger partial charge in [0.1, 0.15) is 0 Å². The van der Waals surface area contributed by atoms with Crippen LogP contribution in [0.15, 0.2) is 97.1 Å². The van der Waals surface area contributed by atoms with E-state index >= 15 is 0 Å². The Morgan fingerprint density at radius 2 is 0.700 bits per heavy atom. The zero-order chi connectivity index (χ0) is 25.9. The standard InChI is InChI=1S/C34H16S6/c1-3-7-23-17(5-1)9-29(35-23)31-13-19-11-27-21(15-25(19)37-31)33-34(39-27)22-16-26-20(12-28(22)40-33)14-32(38-26)30-10-18-6-2-4-8-24(18)36-30/h1-16H. The zero-order valence-corrected chi connectivity index (χ0v) is 25.6. The molecule has 0 fully saturated rings. The van der Waals surface area contributed by atoms with Crippen molar-refractivity contribution in [3.63, 3.8) is 0 Å². The Morgan fingerprint density at radius 1 is 0.300 bits per heavy atom. The SMILES string of the molecule is c1ccc2sc(-c3cc4cc5sc6c7cc8sc(-c9cc%10ccccc%10s9)cc8cc7sc6c5cc4s3)cc2c1. The monoisotopic (exact) mass is 616 g/mol. The lowest BCUT2D eigenvalue weighted by molar-refractivity contribution is 1.85. The first-order valence-corrected chi connectivity index (χ1v) is 17.9. The van der Waals surface area contributed by atoms with Crippen molar-refractivity contribution >= 4 is 138 Å². The van der Waals surface area contributed by atoms with Crippen molar-refractivity contribution in [2.24, 2.45) is 0 Å². The first-order chi connectivity index (χ1) is 19.7. The van der Waals surface area contributed by atoms with Gasteiger partial charge in [-0.3, -0.25) is 0 Å². The fourth-order valence-electron chi connectivity index (χ4n) is 5.77. The number of rotatable bonds is 2. The molecule has 6 heteroatoms. The van der Waals surface area contributed by atoms with Crippen molar-refractivity contribution in [3.8, 4) is 19.5 Å². The van der Waals surface area contributed by atoms with Gasteiger partial charge in [0, 0.05) is 58.5 Å². The van der Waals surface area contributed by atoms with E-state index in [0.717, 1.165) is 0 Å². The molecule has 0 atom stereocenters. The normalized spacial score (nSPS) is 12.5. The molecule has 188 valence electrons. The summed E-state index contributed by atoms with van der Waals surface area (Å²) in [5.41, 5.74) is 0. The molecule has 0 radical (unpaired) electrons. The largest absolute Gasteiger partial charge is 0.134 e. The van der Waals surface area contributed by atoms with Crippen LogP contribution in [0.4, 0.5) is 0 Å². The molecule has 0 aliphatic heterocycles. The first-order valence-electron chi connectivity index (χ1n) is 13.0. The molecule has 0 unspecified atom stereocenters. The average molecular weight is 617 g/mol. The molecule has 0 N–H and O–H groups in total. The van der Waals surface area contributed by atoms with Crippen molar-refractivity contribution in [1.82, 2.24) is 0 Å². The van der Waals surface area contributed by atoms with Gasteiger partial charge in [0.15, 0.2) is 0 Å². The zero-order valence-electron chi connectivity index (χ0n) is 20.7. The van der Waals surface area contributed by atoms with E-state index in [1.807, 2.05) is 68.0 Å². The fourth-order valence-corrected chi connectivity index (χ4v) is 12.9. The summed E-state index contributed by atoms with van der Waals surface area (Å²) in [5.74, 6) is 0. The van der Waals surface area contributed by atoms with Crippen LogP contribution in [0.1, 0.15) is 0 Å². The molecule has 0 aliphatic carbocycles. The molecule has 6 aromatic heterocycles. The van der Waals surface area contributed by atoms with Gasteiger partial charge in [-0.1, -0.05) is 36.4 Å². The van der Waals surface area contributed by atoms with Crippen molar-refractivity contribution in [3.05, 3.63) is 97.1 Å². The first kappa shape index (κ1) is 22.6. The van der Waals surface area contributed by atoms with Crippen LogP contribution in [0.2, 0.25) is 0 Å². The molecule has 0 bridgehead atoms. The summed E-state index contributed by atoms with van der Waals surface area (Å²) >= 11 is 11.6. The van der Waals surface area contributed by atoms with E-state index in [2.05, 4.69) is 97.1 Å². The van der Waals surface area contributed by atoms with E-state index in [-0.39, 0.29) is 0 Å². The Kier molecular flexibility index (Phi) is 4.64. The highest BCUT2D eigenvalue weighted by atomic mass is 32.1.